The Hall–Kier alpha value is -0.290. The zero-order valence-corrected chi connectivity index (χ0v) is 12.0. The van der Waals surface area contributed by atoms with Crippen LogP contribution in [-0.2, 0) is 0 Å². The van der Waals surface area contributed by atoms with Crippen LogP contribution in [0, 0.1) is 5.92 Å². The van der Waals surface area contributed by atoms with Gasteiger partial charge in [-0.25, -0.2) is 0 Å². The fourth-order valence-electron chi connectivity index (χ4n) is 4.07. The van der Waals surface area contributed by atoms with Gasteiger partial charge < -0.3 is 5.32 Å². The highest BCUT2D eigenvalue weighted by atomic mass is 19.4. The van der Waals surface area contributed by atoms with E-state index in [1.54, 1.807) is 0 Å². The van der Waals surface area contributed by atoms with Crippen LogP contribution in [0.2, 0.25) is 0 Å². The number of halogens is 3. The lowest BCUT2D eigenvalue weighted by Gasteiger charge is -2.48. The fraction of sp³-hybridized carbons (Fsp3) is 1.00. The third-order valence-electron chi connectivity index (χ3n) is 5.39. The van der Waals surface area contributed by atoms with E-state index < -0.39 is 12.6 Å². The van der Waals surface area contributed by atoms with Crippen molar-refractivity contribution in [3.05, 3.63) is 0 Å². The average Bonchev–Trinajstić information content (AvgIpc) is 3.11. The molecule has 0 aromatic carbocycles. The minimum atomic E-state index is -4.01. The Morgan fingerprint density at radius 1 is 1.15 bits per heavy atom. The molecule has 1 aliphatic heterocycles. The zero-order valence-electron chi connectivity index (χ0n) is 12.0. The van der Waals surface area contributed by atoms with Crippen LogP contribution in [0.5, 0.6) is 0 Å². The van der Waals surface area contributed by atoms with E-state index in [-0.39, 0.29) is 12.0 Å². The number of nitrogens with zero attached hydrogens (tertiary/aromatic N) is 1. The van der Waals surface area contributed by atoms with Gasteiger partial charge in [-0.05, 0) is 44.6 Å². The highest BCUT2D eigenvalue weighted by molar-refractivity contribution is 5.04. The van der Waals surface area contributed by atoms with Gasteiger partial charge in [-0.2, -0.15) is 13.2 Å². The van der Waals surface area contributed by atoms with Gasteiger partial charge in [0.1, 0.15) is 0 Å². The Morgan fingerprint density at radius 2 is 1.85 bits per heavy atom. The minimum Gasteiger partial charge on any atom is -0.311 e. The molecular formula is C15H25F3N2. The quantitative estimate of drug-likeness (QED) is 0.854. The van der Waals surface area contributed by atoms with Gasteiger partial charge in [0.05, 0.1) is 0 Å². The Balaban J connectivity index is 1.59. The molecule has 1 spiro atoms. The second kappa shape index (κ2) is 5.48. The van der Waals surface area contributed by atoms with Crippen molar-refractivity contribution in [3.63, 3.8) is 0 Å². The molecule has 5 heteroatoms. The molecule has 1 atom stereocenters. The largest absolute Gasteiger partial charge is 0.389 e. The summed E-state index contributed by atoms with van der Waals surface area (Å²) in [7, 11) is 0. The number of hydrogen-bond acceptors (Lipinski definition) is 2. The van der Waals surface area contributed by atoms with Crippen molar-refractivity contribution in [1.82, 2.24) is 10.2 Å². The number of nitrogens with one attached hydrogen (secondary N) is 1. The van der Waals surface area contributed by atoms with Gasteiger partial charge >= 0.3 is 6.18 Å². The van der Waals surface area contributed by atoms with Gasteiger partial charge in [0.25, 0.3) is 0 Å². The number of rotatable bonds is 4. The summed E-state index contributed by atoms with van der Waals surface area (Å²) in [5.41, 5.74) is 0.164. The molecule has 3 fully saturated rings. The molecule has 1 saturated heterocycles. The smallest absolute Gasteiger partial charge is 0.311 e. The van der Waals surface area contributed by atoms with Crippen LogP contribution in [0.25, 0.3) is 0 Å². The highest BCUT2D eigenvalue weighted by Crippen LogP contribution is 2.41. The van der Waals surface area contributed by atoms with E-state index in [1.165, 1.54) is 25.7 Å². The summed E-state index contributed by atoms with van der Waals surface area (Å²) in [4.78, 5) is 2.41. The third-order valence-corrected chi connectivity index (χ3v) is 5.39. The Kier molecular flexibility index (Phi) is 4.01. The normalized spacial score (nSPS) is 31.1. The van der Waals surface area contributed by atoms with Crippen molar-refractivity contribution < 1.29 is 13.2 Å². The number of alkyl halides is 3. The Labute approximate surface area is 119 Å². The van der Waals surface area contributed by atoms with Crippen molar-refractivity contribution in [2.45, 2.75) is 69.1 Å². The van der Waals surface area contributed by atoms with E-state index >= 15 is 0 Å². The van der Waals surface area contributed by atoms with Gasteiger partial charge in [0.15, 0.2) is 0 Å². The van der Waals surface area contributed by atoms with E-state index in [1.807, 2.05) is 0 Å². The molecule has 20 heavy (non-hydrogen) atoms. The molecule has 0 amide bonds. The summed E-state index contributed by atoms with van der Waals surface area (Å²) >= 11 is 0. The lowest BCUT2D eigenvalue weighted by molar-refractivity contribution is -0.137. The maximum absolute atomic E-state index is 12.4. The molecule has 1 N–H and O–H groups in total. The Morgan fingerprint density at radius 3 is 2.45 bits per heavy atom. The zero-order chi connectivity index (χ0) is 14.2. The summed E-state index contributed by atoms with van der Waals surface area (Å²) in [5, 5.41) is 3.69. The molecule has 3 rings (SSSR count). The summed E-state index contributed by atoms with van der Waals surface area (Å²) in [6, 6.07) is 0.520. The summed E-state index contributed by atoms with van der Waals surface area (Å²) < 4.78 is 37.1. The van der Waals surface area contributed by atoms with Crippen molar-refractivity contribution in [1.29, 1.82) is 0 Å². The van der Waals surface area contributed by atoms with Gasteiger partial charge in [-0.3, -0.25) is 4.90 Å². The number of piperazine rings is 1. The molecule has 3 aliphatic rings. The highest BCUT2D eigenvalue weighted by Gasteiger charge is 2.46. The SMILES string of the molecule is FC(F)(F)CCCN1CC(C2CC2)NCC12CCCC2. The number of hydrogen-bond donors (Lipinski definition) is 1. The topological polar surface area (TPSA) is 15.3 Å². The third kappa shape index (κ3) is 3.30. The molecule has 1 unspecified atom stereocenters. The first-order chi connectivity index (χ1) is 9.49. The molecule has 2 saturated carbocycles. The van der Waals surface area contributed by atoms with Crippen LogP contribution in [0.3, 0.4) is 0 Å². The van der Waals surface area contributed by atoms with Crippen LogP contribution in [0.1, 0.15) is 51.4 Å². The van der Waals surface area contributed by atoms with E-state index in [9.17, 15) is 13.2 Å². The fourth-order valence-corrected chi connectivity index (χ4v) is 4.07. The van der Waals surface area contributed by atoms with Crippen LogP contribution in [0.4, 0.5) is 13.2 Å². The summed E-state index contributed by atoms with van der Waals surface area (Å²) in [5.74, 6) is 0.777. The lowest BCUT2D eigenvalue weighted by atomic mass is 9.89. The van der Waals surface area contributed by atoms with Crippen LogP contribution in [0.15, 0.2) is 0 Å². The second-order valence-electron chi connectivity index (χ2n) is 6.92. The van der Waals surface area contributed by atoms with E-state index in [4.69, 9.17) is 0 Å². The maximum Gasteiger partial charge on any atom is 0.389 e. The van der Waals surface area contributed by atoms with E-state index in [0.29, 0.717) is 12.6 Å². The first-order valence-corrected chi connectivity index (χ1v) is 8.04. The van der Waals surface area contributed by atoms with Crippen LogP contribution < -0.4 is 5.32 Å². The molecule has 0 radical (unpaired) electrons. The van der Waals surface area contributed by atoms with Gasteiger partial charge in [0, 0.05) is 31.1 Å². The molecule has 2 aliphatic carbocycles. The monoisotopic (exact) mass is 290 g/mol. The van der Waals surface area contributed by atoms with E-state index in [2.05, 4.69) is 10.2 Å². The molecule has 0 aromatic rings. The van der Waals surface area contributed by atoms with E-state index in [0.717, 1.165) is 31.8 Å². The summed E-state index contributed by atoms with van der Waals surface area (Å²) in [6.07, 6.45) is 2.96. The van der Waals surface area contributed by atoms with Crippen molar-refractivity contribution in [3.8, 4) is 0 Å². The Bertz CT molecular complexity index is 333. The van der Waals surface area contributed by atoms with Crippen LogP contribution >= 0.6 is 0 Å². The van der Waals surface area contributed by atoms with Crippen molar-refractivity contribution in [2.75, 3.05) is 19.6 Å². The van der Waals surface area contributed by atoms with Gasteiger partial charge in [0.2, 0.25) is 0 Å². The molecule has 1 heterocycles. The van der Waals surface area contributed by atoms with Gasteiger partial charge in [-0.1, -0.05) is 12.8 Å². The minimum absolute atomic E-state index is 0.164. The standard InChI is InChI=1S/C15H25F3N2/c16-15(17,18)8-3-9-20-10-13(12-4-5-12)19-11-14(20)6-1-2-7-14/h12-13,19H,1-11H2. The molecular weight excluding hydrogens is 265 g/mol. The predicted molar refractivity (Wildman–Crippen MR) is 72.6 cm³/mol. The second-order valence-corrected chi connectivity index (χ2v) is 6.92. The molecule has 116 valence electrons. The van der Waals surface area contributed by atoms with Crippen LogP contribution in [-0.4, -0.2) is 42.3 Å². The first-order valence-electron chi connectivity index (χ1n) is 8.04. The average molecular weight is 290 g/mol. The van der Waals surface area contributed by atoms with Crippen molar-refractivity contribution >= 4 is 0 Å². The van der Waals surface area contributed by atoms with Crippen molar-refractivity contribution in [2.24, 2.45) is 5.92 Å². The molecule has 0 aromatic heterocycles. The summed E-state index contributed by atoms with van der Waals surface area (Å²) in [6.45, 7) is 2.56. The van der Waals surface area contributed by atoms with Gasteiger partial charge in [-0.15, -0.1) is 0 Å². The first kappa shape index (κ1) is 14.6. The molecule has 2 nitrogen and oxygen atoms in total. The maximum atomic E-state index is 12.4. The lowest BCUT2D eigenvalue weighted by Crippen LogP contribution is -2.64. The molecule has 0 bridgehead atoms. The predicted octanol–water partition coefficient (Wildman–Crippen LogP) is 3.33.